The van der Waals surface area contributed by atoms with Crippen LogP contribution in [0, 0.1) is 11.3 Å². The van der Waals surface area contributed by atoms with Crippen LogP contribution in [0.4, 0.5) is 0 Å². The predicted octanol–water partition coefficient (Wildman–Crippen LogP) is 4.80. The molecule has 3 aromatic rings. The molecular formula is C27H29BrN4O2. The molecule has 5 rings (SSSR count). The van der Waals surface area contributed by atoms with E-state index in [1.54, 1.807) is 6.20 Å². The molecule has 1 saturated carbocycles. The lowest BCUT2D eigenvalue weighted by Gasteiger charge is -2.41. The first-order valence-electron chi connectivity index (χ1n) is 12.0. The van der Waals surface area contributed by atoms with Gasteiger partial charge in [-0.25, -0.2) is 0 Å². The molecule has 2 aliphatic rings. The van der Waals surface area contributed by atoms with Crippen LogP contribution < -0.4 is 0 Å². The van der Waals surface area contributed by atoms with E-state index in [2.05, 4.69) is 26.9 Å². The summed E-state index contributed by atoms with van der Waals surface area (Å²) in [6.07, 6.45) is 7.62. The highest BCUT2D eigenvalue weighted by molar-refractivity contribution is 9.10. The van der Waals surface area contributed by atoms with Crippen LogP contribution in [0.2, 0.25) is 0 Å². The summed E-state index contributed by atoms with van der Waals surface area (Å²) >= 11 is 3.51. The number of aromatic nitrogens is 2. The molecule has 2 fully saturated rings. The van der Waals surface area contributed by atoms with Gasteiger partial charge in [0.1, 0.15) is 0 Å². The Morgan fingerprint density at radius 2 is 2.00 bits per heavy atom. The Hall–Kier alpha value is -2.53. The molecule has 0 unspecified atom stereocenters. The van der Waals surface area contributed by atoms with E-state index in [1.165, 1.54) is 0 Å². The quantitative estimate of drug-likeness (QED) is 0.452. The summed E-state index contributed by atoms with van der Waals surface area (Å²) in [6, 6.07) is 13.0. The SMILES string of the molecule is Cn1cc(C(=O)Cc2ccc(C3(C#N)CCC(N4CCOCC4)CC3)nc2)c2cc(Br)ccc21. The number of fused-ring (bicyclic) bond motifs is 1. The maximum Gasteiger partial charge on any atom is 0.169 e. The highest BCUT2D eigenvalue weighted by Crippen LogP contribution is 2.39. The van der Waals surface area contributed by atoms with Crippen LogP contribution in [0.3, 0.4) is 0 Å². The molecule has 6 nitrogen and oxygen atoms in total. The number of halogens is 1. The summed E-state index contributed by atoms with van der Waals surface area (Å²) in [5.74, 6) is 0.0688. The van der Waals surface area contributed by atoms with Crippen molar-refractivity contribution < 1.29 is 9.53 Å². The average molecular weight is 521 g/mol. The van der Waals surface area contributed by atoms with Gasteiger partial charge in [0.2, 0.25) is 0 Å². The summed E-state index contributed by atoms with van der Waals surface area (Å²) in [5.41, 5.74) is 2.92. The number of benzene rings is 1. The van der Waals surface area contributed by atoms with Crippen molar-refractivity contribution in [2.45, 2.75) is 43.6 Å². The van der Waals surface area contributed by atoms with Gasteiger partial charge < -0.3 is 9.30 Å². The molecule has 0 spiro atoms. The number of pyridine rings is 1. The molecule has 0 radical (unpaired) electrons. The lowest BCUT2D eigenvalue weighted by atomic mass is 9.71. The van der Waals surface area contributed by atoms with E-state index in [4.69, 9.17) is 9.72 Å². The second-order valence-corrected chi connectivity index (χ2v) is 10.5. The second-order valence-electron chi connectivity index (χ2n) is 9.54. The van der Waals surface area contributed by atoms with Crippen LogP contribution in [-0.2, 0) is 23.6 Å². The minimum atomic E-state index is -0.534. The first-order chi connectivity index (χ1) is 16.5. The van der Waals surface area contributed by atoms with E-state index in [1.807, 2.05) is 48.1 Å². The number of nitriles is 1. The Morgan fingerprint density at radius 3 is 2.68 bits per heavy atom. The van der Waals surface area contributed by atoms with Gasteiger partial charge in [-0.2, -0.15) is 5.26 Å². The van der Waals surface area contributed by atoms with Gasteiger partial charge in [-0.15, -0.1) is 0 Å². The first kappa shape index (κ1) is 23.2. The molecule has 1 saturated heterocycles. The van der Waals surface area contributed by atoms with Crippen molar-refractivity contribution in [1.29, 1.82) is 5.26 Å². The maximum absolute atomic E-state index is 13.1. The number of hydrogen-bond donors (Lipinski definition) is 0. The monoisotopic (exact) mass is 520 g/mol. The Morgan fingerprint density at radius 1 is 1.24 bits per heavy atom. The van der Waals surface area contributed by atoms with Crippen molar-refractivity contribution in [2.24, 2.45) is 7.05 Å². The van der Waals surface area contributed by atoms with Crippen molar-refractivity contribution in [3.05, 3.63) is 64.0 Å². The summed E-state index contributed by atoms with van der Waals surface area (Å²) in [5, 5.41) is 11.0. The third kappa shape index (κ3) is 4.43. The van der Waals surface area contributed by atoms with Crippen LogP contribution in [0.5, 0.6) is 0 Å². The highest BCUT2D eigenvalue weighted by atomic mass is 79.9. The lowest BCUT2D eigenvalue weighted by Crippen LogP contribution is -2.47. The Kier molecular flexibility index (Phi) is 6.57. The number of hydrogen-bond acceptors (Lipinski definition) is 5. The lowest BCUT2D eigenvalue weighted by molar-refractivity contribution is 0.00493. The number of ether oxygens (including phenoxy) is 1. The number of nitrogens with zero attached hydrogens (tertiary/aromatic N) is 4. The molecular weight excluding hydrogens is 492 g/mol. The normalized spacial score (nSPS) is 23.6. The van der Waals surface area contributed by atoms with E-state index in [0.717, 1.165) is 84.2 Å². The van der Waals surface area contributed by atoms with Crippen molar-refractivity contribution >= 4 is 32.6 Å². The fourth-order valence-electron chi connectivity index (χ4n) is 5.51. The average Bonchev–Trinajstić information content (AvgIpc) is 3.20. The van der Waals surface area contributed by atoms with Crippen LogP contribution >= 0.6 is 15.9 Å². The highest BCUT2D eigenvalue weighted by Gasteiger charge is 2.40. The fraction of sp³-hybridized carbons (Fsp3) is 0.444. The maximum atomic E-state index is 13.1. The predicted molar refractivity (Wildman–Crippen MR) is 135 cm³/mol. The Balaban J connectivity index is 1.28. The minimum absolute atomic E-state index is 0.0688. The Bertz CT molecular complexity index is 1230. The summed E-state index contributed by atoms with van der Waals surface area (Å²) in [4.78, 5) is 20.3. The standard InChI is InChI=1S/C27H29BrN4O2/c1-31-17-23(22-15-20(28)3-4-24(22)31)25(33)14-19-2-5-26(30-16-19)27(18-29)8-6-21(7-9-27)32-10-12-34-13-11-32/h2-5,15-17,21H,6-14H2,1H3. The van der Waals surface area contributed by atoms with Gasteiger partial charge in [0.05, 0.1) is 30.4 Å². The molecule has 1 aliphatic carbocycles. The number of Topliss-reactive ketones (excluding diaryl/α,β-unsaturated/α-hetero) is 1. The van der Waals surface area contributed by atoms with Gasteiger partial charge in [-0.1, -0.05) is 22.0 Å². The van der Waals surface area contributed by atoms with Crippen LogP contribution in [-0.4, -0.2) is 52.6 Å². The number of aryl methyl sites for hydroxylation is 1. The van der Waals surface area contributed by atoms with Crippen molar-refractivity contribution in [2.75, 3.05) is 26.3 Å². The fourth-order valence-corrected chi connectivity index (χ4v) is 5.87. The van der Waals surface area contributed by atoms with Gasteiger partial charge in [0.25, 0.3) is 0 Å². The van der Waals surface area contributed by atoms with E-state index in [-0.39, 0.29) is 12.2 Å². The van der Waals surface area contributed by atoms with E-state index < -0.39 is 5.41 Å². The molecule has 3 heterocycles. The van der Waals surface area contributed by atoms with Gasteiger partial charge in [-0.3, -0.25) is 14.7 Å². The summed E-state index contributed by atoms with van der Waals surface area (Å²) in [6.45, 7) is 3.58. The van der Waals surface area contributed by atoms with Gasteiger partial charge in [-0.05, 0) is 55.5 Å². The minimum Gasteiger partial charge on any atom is -0.379 e. The molecule has 1 aliphatic heterocycles. The molecule has 0 amide bonds. The third-order valence-electron chi connectivity index (χ3n) is 7.52. The molecule has 0 bridgehead atoms. The van der Waals surface area contributed by atoms with Gasteiger partial charge >= 0.3 is 0 Å². The largest absolute Gasteiger partial charge is 0.379 e. The molecule has 176 valence electrons. The summed E-state index contributed by atoms with van der Waals surface area (Å²) in [7, 11) is 1.96. The Labute approximate surface area is 208 Å². The first-order valence-corrected chi connectivity index (χ1v) is 12.7. The molecule has 1 aromatic carbocycles. The third-order valence-corrected chi connectivity index (χ3v) is 8.01. The van der Waals surface area contributed by atoms with E-state index >= 15 is 0 Å². The van der Waals surface area contributed by atoms with Crippen LogP contribution in [0.15, 0.2) is 47.2 Å². The van der Waals surface area contributed by atoms with Crippen molar-refractivity contribution in [3.63, 3.8) is 0 Å². The molecule has 34 heavy (non-hydrogen) atoms. The van der Waals surface area contributed by atoms with Crippen LogP contribution in [0.1, 0.15) is 47.3 Å². The smallest absolute Gasteiger partial charge is 0.169 e. The topological polar surface area (TPSA) is 71.2 Å². The number of ketones is 1. The summed E-state index contributed by atoms with van der Waals surface area (Å²) < 4.78 is 8.43. The number of carbonyl (C=O) groups excluding carboxylic acids is 1. The molecule has 0 atom stereocenters. The zero-order chi connectivity index (χ0) is 23.7. The van der Waals surface area contributed by atoms with Gasteiger partial charge in [0, 0.05) is 65.9 Å². The zero-order valence-corrected chi connectivity index (χ0v) is 21.1. The van der Waals surface area contributed by atoms with Crippen molar-refractivity contribution in [3.8, 4) is 6.07 Å². The van der Waals surface area contributed by atoms with Crippen molar-refractivity contribution in [1.82, 2.24) is 14.5 Å². The molecule has 0 N–H and O–H groups in total. The van der Waals surface area contributed by atoms with Crippen LogP contribution in [0.25, 0.3) is 10.9 Å². The second kappa shape index (κ2) is 9.61. The number of rotatable bonds is 5. The molecule has 2 aromatic heterocycles. The zero-order valence-electron chi connectivity index (χ0n) is 19.5. The van der Waals surface area contributed by atoms with E-state index in [0.29, 0.717) is 6.04 Å². The molecule has 7 heteroatoms. The number of morpholine rings is 1. The number of carbonyl (C=O) groups is 1. The van der Waals surface area contributed by atoms with Gasteiger partial charge in [0.15, 0.2) is 5.78 Å². The van der Waals surface area contributed by atoms with E-state index in [9.17, 15) is 10.1 Å².